The Morgan fingerprint density at radius 1 is 1.75 bits per heavy atom. The molecular weight excluding hydrogens is 103 g/mol. The third-order valence-electron chi connectivity index (χ3n) is 1.12. The summed E-state index contributed by atoms with van der Waals surface area (Å²) in [5, 5.41) is 8.82. The maximum absolute atomic E-state index is 8.82. The van der Waals surface area contributed by atoms with E-state index in [1.165, 1.54) is 0 Å². The minimum atomic E-state index is -0.376. The van der Waals surface area contributed by atoms with Crippen LogP contribution >= 0.6 is 0 Å². The standard InChI is InChI=1S/C4H13BN2O/c1-5(8)7(2)4-3-6/h8H,3-4,6H2,1-2H3. The van der Waals surface area contributed by atoms with E-state index in [1.807, 2.05) is 7.05 Å². The van der Waals surface area contributed by atoms with Gasteiger partial charge in [0.15, 0.2) is 0 Å². The lowest BCUT2D eigenvalue weighted by Gasteiger charge is -2.14. The van der Waals surface area contributed by atoms with Crippen molar-refractivity contribution in [3.8, 4) is 0 Å². The zero-order chi connectivity index (χ0) is 6.57. The minimum Gasteiger partial charge on any atom is -0.437 e. The number of likely N-dealkylation sites (N-methyl/N-ethyl adjacent to an activating group) is 1. The Balaban J connectivity index is 3.17. The third-order valence-corrected chi connectivity index (χ3v) is 1.12. The van der Waals surface area contributed by atoms with Gasteiger partial charge in [-0.15, -0.1) is 0 Å². The normalized spacial score (nSPS) is 10.1. The molecule has 0 aliphatic heterocycles. The first-order valence-corrected chi connectivity index (χ1v) is 2.77. The van der Waals surface area contributed by atoms with E-state index in [1.54, 1.807) is 11.6 Å². The van der Waals surface area contributed by atoms with E-state index < -0.39 is 0 Å². The van der Waals surface area contributed by atoms with Gasteiger partial charge < -0.3 is 15.6 Å². The van der Waals surface area contributed by atoms with Gasteiger partial charge in [0.2, 0.25) is 0 Å². The highest BCUT2D eigenvalue weighted by atomic mass is 16.2. The van der Waals surface area contributed by atoms with Crippen LogP contribution in [0, 0.1) is 0 Å². The Hall–Kier alpha value is -0.0551. The molecule has 0 atom stereocenters. The Kier molecular flexibility index (Phi) is 3.86. The summed E-state index contributed by atoms with van der Waals surface area (Å²) in [6, 6.07) is 0. The van der Waals surface area contributed by atoms with Crippen LogP contribution in [-0.4, -0.2) is 37.0 Å². The summed E-state index contributed by atoms with van der Waals surface area (Å²) in [6.07, 6.45) is 0. The van der Waals surface area contributed by atoms with Gasteiger partial charge in [0, 0.05) is 13.1 Å². The van der Waals surface area contributed by atoms with E-state index in [-0.39, 0.29) is 7.05 Å². The highest BCUT2D eigenvalue weighted by Crippen LogP contribution is 1.81. The first-order chi connectivity index (χ1) is 3.68. The second-order valence-electron chi connectivity index (χ2n) is 1.90. The predicted molar refractivity (Wildman–Crippen MR) is 35.5 cm³/mol. The monoisotopic (exact) mass is 116 g/mol. The van der Waals surface area contributed by atoms with E-state index in [0.29, 0.717) is 6.54 Å². The molecule has 0 spiro atoms. The summed E-state index contributed by atoms with van der Waals surface area (Å²) in [6.45, 7) is 3.06. The van der Waals surface area contributed by atoms with Gasteiger partial charge in [-0.05, 0) is 13.9 Å². The molecule has 3 nitrogen and oxygen atoms in total. The van der Waals surface area contributed by atoms with Crippen molar-refractivity contribution >= 4 is 7.05 Å². The lowest BCUT2D eigenvalue weighted by atomic mass is 9.86. The average molecular weight is 116 g/mol. The van der Waals surface area contributed by atoms with Crippen LogP contribution in [0.25, 0.3) is 0 Å². The summed E-state index contributed by atoms with van der Waals surface area (Å²) < 4.78 is 0. The fourth-order valence-electron chi connectivity index (χ4n) is 0.390. The second kappa shape index (κ2) is 3.89. The number of nitrogens with two attached hydrogens (primary N) is 1. The molecule has 0 rings (SSSR count). The van der Waals surface area contributed by atoms with Gasteiger partial charge in [-0.25, -0.2) is 0 Å². The fraction of sp³-hybridized carbons (Fsp3) is 1.00. The molecule has 0 fully saturated rings. The number of rotatable bonds is 3. The van der Waals surface area contributed by atoms with E-state index in [4.69, 9.17) is 10.8 Å². The number of hydrogen-bond acceptors (Lipinski definition) is 3. The van der Waals surface area contributed by atoms with Crippen molar-refractivity contribution in [2.45, 2.75) is 6.82 Å². The van der Waals surface area contributed by atoms with E-state index in [0.717, 1.165) is 6.54 Å². The predicted octanol–water partition coefficient (Wildman–Crippen LogP) is -1.01. The highest BCUT2D eigenvalue weighted by Gasteiger charge is 2.07. The average Bonchev–Trinajstić information content (AvgIpc) is 1.67. The van der Waals surface area contributed by atoms with Gasteiger partial charge in [-0.3, -0.25) is 0 Å². The van der Waals surface area contributed by atoms with E-state index >= 15 is 0 Å². The molecule has 0 unspecified atom stereocenters. The molecule has 0 bridgehead atoms. The Morgan fingerprint density at radius 2 is 2.25 bits per heavy atom. The zero-order valence-electron chi connectivity index (χ0n) is 5.46. The molecule has 0 aliphatic carbocycles. The van der Waals surface area contributed by atoms with Crippen LogP contribution in [0.1, 0.15) is 0 Å². The lowest BCUT2D eigenvalue weighted by Crippen LogP contribution is -2.36. The number of hydrogen-bond donors (Lipinski definition) is 2. The molecule has 0 amide bonds. The topological polar surface area (TPSA) is 49.5 Å². The maximum Gasteiger partial charge on any atom is 0.376 e. The largest absolute Gasteiger partial charge is 0.437 e. The first kappa shape index (κ1) is 7.94. The Labute approximate surface area is 50.6 Å². The highest BCUT2D eigenvalue weighted by molar-refractivity contribution is 6.45. The minimum absolute atomic E-state index is 0.376. The van der Waals surface area contributed by atoms with Gasteiger partial charge in [0.05, 0.1) is 0 Å². The molecule has 3 N–H and O–H groups in total. The van der Waals surface area contributed by atoms with Crippen LogP contribution in [-0.2, 0) is 0 Å². The molecule has 0 heterocycles. The van der Waals surface area contributed by atoms with Crippen molar-refractivity contribution in [2.24, 2.45) is 5.73 Å². The smallest absolute Gasteiger partial charge is 0.376 e. The molecule has 0 aromatic rings. The van der Waals surface area contributed by atoms with Crippen LogP contribution in [0.15, 0.2) is 0 Å². The first-order valence-electron chi connectivity index (χ1n) is 2.77. The summed E-state index contributed by atoms with van der Waals surface area (Å²) in [5.74, 6) is 0. The van der Waals surface area contributed by atoms with Crippen LogP contribution in [0.4, 0.5) is 0 Å². The van der Waals surface area contributed by atoms with Crippen molar-refractivity contribution in [1.29, 1.82) is 0 Å². The van der Waals surface area contributed by atoms with Gasteiger partial charge >= 0.3 is 7.05 Å². The van der Waals surface area contributed by atoms with Crippen LogP contribution < -0.4 is 5.73 Å². The summed E-state index contributed by atoms with van der Waals surface area (Å²) in [7, 11) is 1.45. The Morgan fingerprint density at radius 3 is 2.38 bits per heavy atom. The summed E-state index contributed by atoms with van der Waals surface area (Å²) in [4.78, 5) is 1.78. The summed E-state index contributed by atoms with van der Waals surface area (Å²) in [5.41, 5.74) is 5.21. The van der Waals surface area contributed by atoms with Crippen molar-refractivity contribution in [3.63, 3.8) is 0 Å². The van der Waals surface area contributed by atoms with Crippen LogP contribution in [0.3, 0.4) is 0 Å². The molecule has 48 valence electrons. The van der Waals surface area contributed by atoms with E-state index in [9.17, 15) is 0 Å². The molecule has 0 saturated heterocycles. The van der Waals surface area contributed by atoms with E-state index in [2.05, 4.69) is 0 Å². The lowest BCUT2D eigenvalue weighted by molar-refractivity contribution is 0.425. The molecule has 0 aliphatic rings. The molecule has 8 heavy (non-hydrogen) atoms. The van der Waals surface area contributed by atoms with Gasteiger partial charge in [0.1, 0.15) is 0 Å². The molecular formula is C4H13BN2O. The molecule has 0 radical (unpaired) electrons. The van der Waals surface area contributed by atoms with Crippen LogP contribution in [0.2, 0.25) is 6.82 Å². The molecule has 0 aromatic heterocycles. The zero-order valence-corrected chi connectivity index (χ0v) is 5.46. The van der Waals surface area contributed by atoms with Crippen LogP contribution in [0.5, 0.6) is 0 Å². The number of nitrogens with zero attached hydrogens (tertiary/aromatic N) is 1. The van der Waals surface area contributed by atoms with Crippen molar-refractivity contribution < 1.29 is 5.02 Å². The fourth-order valence-corrected chi connectivity index (χ4v) is 0.390. The van der Waals surface area contributed by atoms with Crippen molar-refractivity contribution in [1.82, 2.24) is 4.81 Å². The summed E-state index contributed by atoms with van der Waals surface area (Å²) >= 11 is 0. The quantitative estimate of drug-likeness (QED) is 0.464. The Bertz CT molecular complexity index is 60.0. The SMILES string of the molecule is CB(O)N(C)CCN. The van der Waals surface area contributed by atoms with Gasteiger partial charge in [-0.2, -0.15) is 0 Å². The molecule has 4 heteroatoms. The third kappa shape index (κ3) is 3.01. The van der Waals surface area contributed by atoms with Crippen molar-refractivity contribution in [3.05, 3.63) is 0 Å². The van der Waals surface area contributed by atoms with Crippen molar-refractivity contribution in [2.75, 3.05) is 20.1 Å². The van der Waals surface area contributed by atoms with Gasteiger partial charge in [0.25, 0.3) is 0 Å². The molecule has 0 aromatic carbocycles. The molecule has 0 saturated carbocycles. The maximum atomic E-state index is 8.82. The second-order valence-corrected chi connectivity index (χ2v) is 1.90. The van der Waals surface area contributed by atoms with Gasteiger partial charge in [-0.1, -0.05) is 0 Å².